The molecule has 0 unspecified atom stereocenters. The van der Waals surface area contributed by atoms with Crippen molar-refractivity contribution in [2.45, 2.75) is 26.4 Å². The Morgan fingerprint density at radius 3 is 2.09 bits per heavy atom. The Morgan fingerprint density at radius 1 is 0.829 bits per heavy atom. The van der Waals surface area contributed by atoms with Crippen LogP contribution in [0.15, 0.2) is 72.8 Å². The SMILES string of the molecule is COc1ccc(-c2sc3cc(OC)ccc3c2Oc2ccc(C=CC(=O)OC(C)(C)C)cc2)cc1. The normalized spacial score (nSPS) is 11.6. The van der Waals surface area contributed by atoms with E-state index in [0.29, 0.717) is 5.75 Å². The zero-order chi connectivity index (χ0) is 25.0. The number of benzene rings is 3. The summed E-state index contributed by atoms with van der Waals surface area (Å²) < 4.78 is 23.5. The van der Waals surface area contributed by atoms with Crippen LogP contribution < -0.4 is 14.2 Å². The van der Waals surface area contributed by atoms with Gasteiger partial charge in [-0.3, -0.25) is 0 Å². The molecule has 4 rings (SSSR count). The summed E-state index contributed by atoms with van der Waals surface area (Å²) in [5, 5.41) is 1.01. The first kappa shape index (κ1) is 24.4. The molecule has 0 atom stereocenters. The van der Waals surface area contributed by atoms with Crippen molar-refractivity contribution in [1.29, 1.82) is 0 Å². The number of methoxy groups -OCH3 is 2. The molecule has 1 aromatic heterocycles. The largest absolute Gasteiger partial charge is 0.497 e. The van der Waals surface area contributed by atoms with Gasteiger partial charge in [-0.1, -0.05) is 12.1 Å². The topological polar surface area (TPSA) is 54.0 Å². The second kappa shape index (κ2) is 10.2. The lowest BCUT2D eigenvalue weighted by Gasteiger charge is -2.17. The molecule has 0 saturated carbocycles. The van der Waals surface area contributed by atoms with Gasteiger partial charge in [-0.15, -0.1) is 11.3 Å². The summed E-state index contributed by atoms with van der Waals surface area (Å²) in [5.74, 6) is 2.71. The fraction of sp³-hybridized carbons (Fsp3) is 0.207. The van der Waals surface area contributed by atoms with E-state index in [2.05, 4.69) is 0 Å². The van der Waals surface area contributed by atoms with E-state index >= 15 is 0 Å². The summed E-state index contributed by atoms with van der Waals surface area (Å²) in [6, 6.07) is 21.5. The van der Waals surface area contributed by atoms with Gasteiger partial charge in [0.05, 0.1) is 19.1 Å². The molecule has 0 bridgehead atoms. The number of carbonyl (C=O) groups excluding carboxylic acids is 1. The summed E-state index contributed by atoms with van der Waals surface area (Å²) in [6.07, 6.45) is 3.16. The van der Waals surface area contributed by atoms with E-state index in [1.54, 1.807) is 31.6 Å². The van der Waals surface area contributed by atoms with Crippen LogP contribution in [0.3, 0.4) is 0 Å². The van der Waals surface area contributed by atoms with Gasteiger partial charge in [0.2, 0.25) is 0 Å². The van der Waals surface area contributed by atoms with Crippen molar-refractivity contribution < 1.29 is 23.7 Å². The Kier molecular flexibility index (Phi) is 7.12. The predicted octanol–water partition coefficient (Wildman–Crippen LogP) is 7.73. The zero-order valence-electron chi connectivity index (χ0n) is 20.5. The molecule has 0 N–H and O–H groups in total. The lowest BCUT2D eigenvalue weighted by molar-refractivity contribution is -0.148. The van der Waals surface area contributed by atoms with E-state index in [-0.39, 0.29) is 5.97 Å². The first-order valence-electron chi connectivity index (χ1n) is 11.2. The third kappa shape index (κ3) is 6.03. The smallest absolute Gasteiger partial charge is 0.331 e. The van der Waals surface area contributed by atoms with Crippen molar-refractivity contribution in [1.82, 2.24) is 0 Å². The summed E-state index contributed by atoms with van der Waals surface area (Å²) >= 11 is 1.65. The Bertz CT molecular complexity index is 1340. The quantitative estimate of drug-likeness (QED) is 0.197. The molecule has 0 amide bonds. The molecule has 0 saturated heterocycles. The van der Waals surface area contributed by atoms with Gasteiger partial charge in [0, 0.05) is 16.2 Å². The van der Waals surface area contributed by atoms with Crippen molar-refractivity contribution in [2.75, 3.05) is 14.2 Å². The number of ether oxygens (including phenoxy) is 4. The highest BCUT2D eigenvalue weighted by atomic mass is 32.1. The van der Waals surface area contributed by atoms with Crippen LogP contribution in [0, 0.1) is 0 Å². The maximum absolute atomic E-state index is 11.9. The number of hydrogen-bond acceptors (Lipinski definition) is 6. The average Bonchev–Trinajstić information content (AvgIpc) is 3.20. The van der Waals surface area contributed by atoms with Gasteiger partial charge >= 0.3 is 5.97 Å². The lowest BCUT2D eigenvalue weighted by Crippen LogP contribution is -2.22. The van der Waals surface area contributed by atoms with Crippen molar-refractivity contribution in [3.63, 3.8) is 0 Å². The van der Waals surface area contributed by atoms with Gasteiger partial charge < -0.3 is 18.9 Å². The van der Waals surface area contributed by atoms with Crippen LogP contribution in [0.4, 0.5) is 0 Å². The highest BCUT2D eigenvalue weighted by Crippen LogP contribution is 2.47. The van der Waals surface area contributed by atoms with E-state index in [1.165, 1.54) is 6.08 Å². The molecule has 3 aromatic carbocycles. The second-order valence-corrected chi connectivity index (χ2v) is 9.94. The third-order valence-corrected chi connectivity index (χ3v) is 6.31. The molecule has 6 heteroatoms. The van der Waals surface area contributed by atoms with Crippen molar-refractivity contribution >= 4 is 33.5 Å². The number of thiophene rings is 1. The highest BCUT2D eigenvalue weighted by molar-refractivity contribution is 7.22. The molecule has 180 valence electrons. The molecule has 0 radical (unpaired) electrons. The van der Waals surface area contributed by atoms with E-state index in [0.717, 1.165) is 43.3 Å². The molecular formula is C29H28O5S. The first-order chi connectivity index (χ1) is 16.8. The maximum Gasteiger partial charge on any atom is 0.331 e. The predicted molar refractivity (Wildman–Crippen MR) is 142 cm³/mol. The average molecular weight is 489 g/mol. The minimum atomic E-state index is -0.520. The van der Waals surface area contributed by atoms with Crippen LogP contribution in [0.25, 0.3) is 26.6 Å². The molecule has 1 heterocycles. The molecule has 4 aromatic rings. The molecular weight excluding hydrogens is 460 g/mol. The zero-order valence-corrected chi connectivity index (χ0v) is 21.3. The number of carbonyl (C=O) groups is 1. The molecule has 0 fully saturated rings. The van der Waals surface area contributed by atoms with Crippen LogP contribution in [-0.4, -0.2) is 25.8 Å². The summed E-state index contributed by atoms with van der Waals surface area (Å²) in [5.41, 5.74) is 1.39. The summed E-state index contributed by atoms with van der Waals surface area (Å²) in [4.78, 5) is 13.0. The van der Waals surface area contributed by atoms with E-state index in [1.807, 2.05) is 87.5 Å². The monoisotopic (exact) mass is 488 g/mol. The van der Waals surface area contributed by atoms with Gasteiger partial charge in [0.1, 0.15) is 22.8 Å². The Hall–Kier alpha value is -3.77. The highest BCUT2D eigenvalue weighted by Gasteiger charge is 2.17. The van der Waals surface area contributed by atoms with E-state index < -0.39 is 5.60 Å². The molecule has 0 aliphatic carbocycles. The van der Waals surface area contributed by atoms with Gasteiger partial charge in [0.25, 0.3) is 0 Å². The molecule has 5 nitrogen and oxygen atoms in total. The Morgan fingerprint density at radius 2 is 1.46 bits per heavy atom. The van der Waals surface area contributed by atoms with Crippen LogP contribution in [-0.2, 0) is 9.53 Å². The number of fused-ring (bicyclic) bond motifs is 1. The fourth-order valence-corrected chi connectivity index (χ4v) is 4.64. The Labute approximate surface area is 209 Å². The molecule has 0 spiro atoms. The van der Waals surface area contributed by atoms with Crippen molar-refractivity contribution in [2.24, 2.45) is 0 Å². The van der Waals surface area contributed by atoms with Gasteiger partial charge in [-0.2, -0.15) is 0 Å². The standard InChI is InChI=1S/C29H28O5S/c1-29(2,3)34-26(30)17-8-19-6-11-22(12-7-19)33-27-24-16-15-23(32-5)18-25(24)35-28(27)20-9-13-21(31-4)14-10-20/h6-18H,1-5H3. The van der Waals surface area contributed by atoms with Gasteiger partial charge in [-0.05, 0) is 92.6 Å². The number of rotatable bonds is 7. The van der Waals surface area contributed by atoms with Gasteiger partial charge in [-0.25, -0.2) is 4.79 Å². The van der Waals surface area contributed by atoms with Crippen LogP contribution in [0.1, 0.15) is 26.3 Å². The van der Waals surface area contributed by atoms with E-state index in [4.69, 9.17) is 18.9 Å². The summed E-state index contributed by atoms with van der Waals surface area (Å²) in [6.45, 7) is 5.53. The van der Waals surface area contributed by atoms with Crippen LogP contribution >= 0.6 is 11.3 Å². The third-order valence-electron chi connectivity index (χ3n) is 5.12. The Balaban J connectivity index is 1.63. The van der Waals surface area contributed by atoms with Crippen LogP contribution in [0.2, 0.25) is 0 Å². The lowest BCUT2D eigenvalue weighted by atomic mass is 10.1. The minimum absolute atomic E-state index is 0.373. The molecule has 0 aliphatic heterocycles. The minimum Gasteiger partial charge on any atom is -0.497 e. The first-order valence-corrected chi connectivity index (χ1v) is 12.0. The van der Waals surface area contributed by atoms with E-state index in [9.17, 15) is 4.79 Å². The fourth-order valence-electron chi connectivity index (χ4n) is 3.48. The van der Waals surface area contributed by atoms with Crippen molar-refractivity contribution in [3.8, 4) is 33.4 Å². The number of hydrogen-bond donors (Lipinski definition) is 0. The van der Waals surface area contributed by atoms with Crippen molar-refractivity contribution in [3.05, 3.63) is 78.4 Å². The van der Waals surface area contributed by atoms with Gasteiger partial charge in [0.15, 0.2) is 5.75 Å². The molecule has 0 aliphatic rings. The molecule has 35 heavy (non-hydrogen) atoms. The maximum atomic E-state index is 11.9. The van der Waals surface area contributed by atoms with Crippen LogP contribution in [0.5, 0.6) is 23.0 Å². The second-order valence-electron chi connectivity index (χ2n) is 8.89. The number of esters is 1. The summed E-state index contributed by atoms with van der Waals surface area (Å²) in [7, 11) is 3.32.